The first kappa shape index (κ1) is 57.1. The van der Waals surface area contributed by atoms with Crippen LogP contribution in [0.15, 0.2) is 28.4 Å². The van der Waals surface area contributed by atoms with Gasteiger partial charge in [-0.2, -0.15) is 0 Å². The van der Waals surface area contributed by atoms with Crippen LogP contribution >= 0.6 is 0 Å². The van der Waals surface area contributed by atoms with Crippen LogP contribution in [0.25, 0.3) is 0 Å². The monoisotopic (exact) mass is 710 g/mol. The minimum absolute atomic E-state index is 0.0674. The van der Waals surface area contributed by atoms with Crippen molar-refractivity contribution in [2.45, 2.75) is 188 Å². The summed E-state index contributed by atoms with van der Waals surface area (Å²) in [6.45, 7) is 38.9. The van der Waals surface area contributed by atoms with E-state index >= 15 is 0 Å². The highest BCUT2D eigenvalue weighted by molar-refractivity contribution is 5.98. The standard InChI is InChI=1S/C16H29NO.C6H12O2.C6H12.3C5H10O/c1-7-10-11-17-15(14(6)12(4)8-2)16(18)13(5)9-3;1-5-2-3-6(4-7)8-5;1-4-5-6(2)3;3*1-4(2)5(3)6/h11-13H,7-10H2,1-6H3;5-7H,2-4H2,1H3;2,4-5H2,1,3H3;3*4H,1-3H3/b15-14+,17-11?;;;;;. The van der Waals surface area contributed by atoms with Crippen molar-refractivity contribution in [3.8, 4) is 0 Å². The van der Waals surface area contributed by atoms with E-state index < -0.39 is 0 Å². The summed E-state index contributed by atoms with van der Waals surface area (Å²) in [7, 11) is 0. The molecule has 1 aliphatic rings. The Balaban J connectivity index is -0.000000176. The molecule has 7 nitrogen and oxygen atoms in total. The molecule has 1 heterocycles. The maximum atomic E-state index is 12.4. The van der Waals surface area contributed by atoms with E-state index in [1.54, 1.807) is 20.8 Å². The Labute approximate surface area is 310 Å². The van der Waals surface area contributed by atoms with Crippen LogP contribution in [0, 0.1) is 29.6 Å². The molecule has 50 heavy (non-hydrogen) atoms. The Bertz CT molecular complexity index is 918. The summed E-state index contributed by atoms with van der Waals surface area (Å²) in [6, 6.07) is 0. The van der Waals surface area contributed by atoms with Crippen molar-refractivity contribution in [1.29, 1.82) is 0 Å². The van der Waals surface area contributed by atoms with E-state index in [0.717, 1.165) is 44.1 Å². The molecule has 1 N–H and O–H groups in total. The Kier molecular flexibility index (Phi) is 41.7. The van der Waals surface area contributed by atoms with E-state index in [9.17, 15) is 19.2 Å². The summed E-state index contributed by atoms with van der Waals surface area (Å²) in [6.07, 6.45) is 10.9. The molecule has 4 unspecified atom stereocenters. The van der Waals surface area contributed by atoms with Crippen molar-refractivity contribution in [3.63, 3.8) is 0 Å². The zero-order valence-corrected chi connectivity index (χ0v) is 36.1. The number of ketones is 4. The van der Waals surface area contributed by atoms with E-state index in [2.05, 4.69) is 53.1 Å². The van der Waals surface area contributed by atoms with Gasteiger partial charge in [-0.05, 0) is 91.6 Å². The van der Waals surface area contributed by atoms with Crippen molar-refractivity contribution in [1.82, 2.24) is 0 Å². The first-order valence-corrected chi connectivity index (χ1v) is 19.2. The molecule has 0 bridgehead atoms. The number of aliphatic hydroxyl groups excluding tert-OH is 1. The number of ether oxygens (including phenoxy) is 1. The first-order chi connectivity index (χ1) is 23.0. The summed E-state index contributed by atoms with van der Waals surface area (Å²) in [5.74, 6) is 2.10. The lowest BCUT2D eigenvalue weighted by molar-refractivity contribution is -0.120. The van der Waals surface area contributed by atoms with Crippen LogP contribution < -0.4 is 0 Å². The second kappa shape index (κ2) is 36.5. The van der Waals surface area contributed by atoms with Crippen LogP contribution in [0.4, 0.5) is 0 Å². The molecular weight excluding hydrogens is 626 g/mol. The molecule has 0 aliphatic carbocycles. The topological polar surface area (TPSA) is 110 Å². The van der Waals surface area contributed by atoms with Gasteiger partial charge in [0.25, 0.3) is 0 Å². The lowest BCUT2D eigenvalue weighted by Crippen LogP contribution is -2.15. The first-order valence-electron chi connectivity index (χ1n) is 19.2. The average Bonchev–Trinajstić information content (AvgIpc) is 3.48. The van der Waals surface area contributed by atoms with E-state index in [1.807, 2.05) is 68.5 Å². The molecule has 0 aromatic carbocycles. The Hall–Kier alpha value is -2.25. The SMILES string of the molecule is C=C(C)CCC.CC(=O)C(C)C.CC(=O)C(C)C.CC(=O)C(C)C.CC1CCC(CO)O1.CCCC=N/C(C(=O)C(C)CC)=C(\C)C(C)CC. The zero-order valence-electron chi connectivity index (χ0n) is 36.1. The van der Waals surface area contributed by atoms with E-state index in [4.69, 9.17) is 9.84 Å². The smallest absolute Gasteiger partial charge is 0.183 e. The quantitative estimate of drug-likeness (QED) is 0.109. The predicted octanol–water partition coefficient (Wildman–Crippen LogP) is 11.4. The molecule has 296 valence electrons. The van der Waals surface area contributed by atoms with Gasteiger partial charge in [-0.25, -0.2) is 0 Å². The van der Waals surface area contributed by atoms with Gasteiger partial charge in [0.05, 0.1) is 18.8 Å². The number of carbonyl (C=O) groups excluding carboxylic acids is 4. The third-order valence-corrected chi connectivity index (χ3v) is 8.30. The number of hydrogen-bond acceptors (Lipinski definition) is 7. The molecule has 0 spiro atoms. The third-order valence-electron chi connectivity index (χ3n) is 8.30. The Morgan fingerprint density at radius 2 is 1.14 bits per heavy atom. The molecule has 1 saturated heterocycles. The van der Waals surface area contributed by atoms with Crippen LogP contribution in [0.2, 0.25) is 0 Å². The Morgan fingerprint density at radius 1 is 0.740 bits per heavy atom. The lowest BCUT2D eigenvalue weighted by Gasteiger charge is -2.15. The molecule has 7 heteroatoms. The zero-order chi connectivity index (χ0) is 40.6. The minimum atomic E-state index is 0.0674. The number of carbonyl (C=O) groups is 4. The van der Waals surface area contributed by atoms with Crippen LogP contribution in [-0.4, -0.2) is 53.3 Å². The molecule has 0 saturated carbocycles. The number of unbranched alkanes of at least 4 members (excludes halogenated alkanes) is 1. The molecule has 1 fully saturated rings. The van der Waals surface area contributed by atoms with Gasteiger partial charge < -0.3 is 9.84 Å². The number of allylic oxidation sites excluding steroid dienone is 3. The van der Waals surface area contributed by atoms with Gasteiger partial charge in [-0.15, -0.1) is 6.58 Å². The highest BCUT2D eigenvalue weighted by Crippen LogP contribution is 2.22. The molecule has 0 amide bonds. The van der Waals surface area contributed by atoms with E-state index in [-0.39, 0.29) is 59.5 Å². The van der Waals surface area contributed by atoms with E-state index in [1.165, 1.54) is 18.4 Å². The fraction of sp³-hybridized carbons (Fsp3) is 0.791. The number of Topliss-reactive ketones (excluding diaryl/α,β-unsaturated/α-hetero) is 4. The van der Waals surface area contributed by atoms with Gasteiger partial charge in [0.1, 0.15) is 23.0 Å². The summed E-state index contributed by atoms with van der Waals surface area (Å²) in [4.78, 5) is 47.2. The van der Waals surface area contributed by atoms with Crippen molar-refractivity contribution in [2.75, 3.05) is 6.61 Å². The van der Waals surface area contributed by atoms with Gasteiger partial charge in [-0.3, -0.25) is 24.2 Å². The van der Waals surface area contributed by atoms with Crippen molar-refractivity contribution in [2.24, 2.45) is 34.6 Å². The molecular formula is C43H83NO6. The van der Waals surface area contributed by atoms with Crippen molar-refractivity contribution in [3.05, 3.63) is 23.4 Å². The van der Waals surface area contributed by atoms with Crippen molar-refractivity contribution >= 4 is 29.3 Å². The van der Waals surface area contributed by atoms with Crippen LogP contribution in [-0.2, 0) is 23.9 Å². The van der Waals surface area contributed by atoms with Gasteiger partial charge in [0, 0.05) is 29.9 Å². The van der Waals surface area contributed by atoms with Crippen molar-refractivity contribution < 1.29 is 29.0 Å². The minimum Gasteiger partial charge on any atom is -0.394 e. The number of aliphatic imine (C=N–C) groups is 1. The van der Waals surface area contributed by atoms with Crippen LogP contribution in [0.5, 0.6) is 0 Å². The maximum Gasteiger partial charge on any atom is 0.183 e. The van der Waals surface area contributed by atoms with E-state index in [0.29, 0.717) is 17.7 Å². The van der Waals surface area contributed by atoms with Crippen LogP contribution in [0.3, 0.4) is 0 Å². The number of aliphatic hydroxyl groups is 1. The molecule has 4 atom stereocenters. The number of hydrogen-bond donors (Lipinski definition) is 1. The molecule has 0 aromatic heterocycles. The fourth-order valence-corrected chi connectivity index (χ4v) is 3.05. The summed E-state index contributed by atoms with van der Waals surface area (Å²) in [5.41, 5.74) is 3.12. The molecule has 1 aliphatic heterocycles. The lowest BCUT2D eigenvalue weighted by atomic mass is 9.92. The summed E-state index contributed by atoms with van der Waals surface area (Å²) in [5, 5.41) is 8.56. The normalized spacial score (nSPS) is 16.4. The molecule has 0 aromatic rings. The second-order valence-electron chi connectivity index (χ2n) is 14.4. The third kappa shape index (κ3) is 38.6. The van der Waals surface area contributed by atoms with Gasteiger partial charge in [-0.1, -0.05) is 101 Å². The number of nitrogens with zero attached hydrogens (tertiary/aromatic N) is 1. The predicted molar refractivity (Wildman–Crippen MR) is 217 cm³/mol. The number of rotatable bonds is 14. The maximum absolute atomic E-state index is 12.4. The molecule has 0 radical (unpaired) electrons. The highest BCUT2D eigenvalue weighted by atomic mass is 16.5. The summed E-state index contributed by atoms with van der Waals surface area (Å²) >= 11 is 0. The second-order valence-corrected chi connectivity index (χ2v) is 14.4. The van der Waals surface area contributed by atoms with Crippen LogP contribution in [0.1, 0.15) is 176 Å². The summed E-state index contributed by atoms with van der Waals surface area (Å²) < 4.78 is 5.26. The molecule has 1 rings (SSSR count). The fourth-order valence-electron chi connectivity index (χ4n) is 3.05. The van der Waals surface area contributed by atoms with Gasteiger partial charge >= 0.3 is 0 Å². The average molecular weight is 710 g/mol. The Morgan fingerprint density at radius 3 is 1.34 bits per heavy atom. The largest absolute Gasteiger partial charge is 0.394 e. The highest BCUT2D eigenvalue weighted by Gasteiger charge is 2.20. The van der Waals surface area contributed by atoms with Gasteiger partial charge in [0.2, 0.25) is 0 Å². The van der Waals surface area contributed by atoms with Gasteiger partial charge in [0.15, 0.2) is 5.78 Å².